The van der Waals surface area contributed by atoms with Crippen LogP contribution in [-0.4, -0.2) is 13.6 Å². The Hall–Kier alpha value is -0.860. The van der Waals surface area contributed by atoms with Crippen molar-refractivity contribution in [2.75, 3.05) is 13.6 Å². The summed E-state index contributed by atoms with van der Waals surface area (Å²) in [5.41, 5.74) is 9.09. The highest BCUT2D eigenvalue weighted by molar-refractivity contribution is 5.25. The quantitative estimate of drug-likeness (QED) is 0.790. The smallest absolute Gasteiger partial charge is 0.0338 e. The molecule has 2 nitrogen and oxygen atoms in total. The van der Waals surface area contributed by atoms with Crippen LogP contribution in [0.2, 0.25) is 0 Å². The fourth-order valence-corrected chi connectivity index (χ4v) is 2.61. The summed E-state index contributed by atoms with van der Waals surface area (Å²) < 4.78 is 0. The van der Waals surface area contributed by atoms with Crippen molar-refractivity contribution in [2.45, 2.75) is 40.2 Å². The molecule has 0 aromatic heterocycles. The molecular formula is C17H30N2. The summed E-state index contributed by atoms with van der Waals surface area (Å²) in [7, 11) is 1.99. The van der Waals surface area contributed by atoms with Gasteiger partial charge in [0.2, 0.25) is 0 Å². The van der Waals surface area contributed by atoms with Crippen molar-refractivity contribution < 1.29 is 0 Å². The Labute approximate surface area is 118 Å². The van der Waals surface area contributed by atoms with Gasteiger partial charge in [0, 0.05) is 6.04 Å². The SMILES string of the molecule is CNCC(C(C)C)C(N)c1ccc(CC(C)C)cc1. The Kier molecular flexibility index (Phi) is 6.53. The number of nitrogens with two attached hydrogens (primary N) is 1. The van der Waals surface area contributed by atoms with E-state index in [1.165, 1.54) is 11.1 Å². The summed E-state index contributed by atoms with van der Waals surface area (Å²) in [6.07, 6.45) is 1.14. The van der Waals surface area contributed by atoms with E-state index >= 15 is 0 Å². The van der Waals surface area contributed by atoms with E-state index < -0.39 is 0 Å². The van der Waals surface area contributed by atoms with Crippen molar-refractivity contribution in [2.24, 2.45) is 23.5 Å². The standard InChI is InChI=1S/C17H30N2/c1-12(2)10-14-6-8-15(9-7-14)17(18)16(11-19-5)13(3)4/h6-9,12-13,16-17,19H,10-11,18H2,1-5H3. The molecule has 2 unspecified atom stereocenters. The Morgan fingerprint density at radius 1 is 1.05 bits per heavy atom. The van der Waals surface area contributed by atoms with Crippen LogP contribution in [0.25, 0.3) is 0 Å². The molecule has 0 spiro atoms. The lowest BCUT2D eigenvalue weighted by atomic mass is 9.84. The summed E-state index contributed by atoms with van der Waals surface area (Å²) in [6.45, 7) is 9.96. The van der Waals surface area contributed by atoms with E-state index in [0.29, 0.717) is 17.8 Å². The van der Waals surface area contributed by atoms with Gasteiger partial charge in [-0.05, 0) is 48.9 Å². The van der Waals surface area contributed by atoms with Gasteiger partial charge in [-0.25, -0.2) is 0 Å². The van der Waals surface area contributed by atoms with Crippen LogP contribution in [0.5, 0.6) is 0 Å². The van der Waals surface area contributed by atoms with Crippen molar-refractivity contribution in [1.29, 1.82) is 0 Å². The van der Waals surface area contributed by atoms with E-state index in [9.17, 15) is 0 Å². The highest BCUT2D eigenvalue weighted by atomic mass is 14.8. The van der Waals surface area contributed by atoms with Crippen LogP contribution in [0.3, 0.4) is 0 Å². The maximum Gasteiger partial charge on any atom is 0.0338 e. The molecule has 0 heterocycles. The van der Waals surface area contributed by atoms with E-state index in [1.807, 2.05) is 7.05 Å². The van der Waals surface area contributed by atoms with Gasteiger partial charge in [0.05, 0.1) is 0 Å². The molecule has 2 atom stereocenters. The van der Waals surface area contributed by atoms with Crippen molar-refractivity contribution in [3.05, 3.63) is 35.4 Å². The first-order chi connectivity index (χ1) is 8.95. The first-order valence-corrected chi connectivity index (χ1v) is 7.44. The fraction of sp³-hybridized carbons (Fsp3) is 0.647. The van der Waals surface area contributed by atoms with Gasteiger partial charge >= 0.3 is 0 Å². The number of rotatable bonds is 7. The third kappa shape index (κ3) is 4.96. The summed E-state index contributed by atoms with van der Waals surface area (Å²) in [6, 6.07) is 8.97. The number of benzene rings is 1. The van der Waals surface area contributed by atoms with Crippen LogP contribution >= 0.6 is 0 Å². The van der Waals surface area contributed by atoms with Gasteiger partial charge in [0.15, 0.2) is 0 Å². The second-order valence-corrected chi connectivity index (χ2v) is 6.33. The Balaban J connectivity index is 2.78. The predicted octanol–water partition coefficient (Wildman–Crippen LogP) is 3.38. The lowest BCUT2D eigenvalue weighted by Crippen LogP contribution is -2.33. The highest BCUT2D eigenvalue weighted by Crippen LogP contribution is 2.26. The molecule has 0 saturated carbocycles. The molecule has 108 valence electrons. The minimum atomic E-state index is 0.112. The van der Waals surface area contributed by atoms with Gasteiger partial charge < -0.3 is 11.1 Å². The van der Waals surface area contributed by atoms with E-state index in [2.05, 4.69) is 57.3 Å². The largest absolute Gasteiger partial charge is 0.324 e. The van der Waals surface area contributed by atoms with E-state index in [-0.39, 0.29) is 6.04 Å². The van der Waals surface area contributed by atoms with Crippen molar-refractivity contribution in [3.8, 4) is 0 Å². The zero-order valence-corrected chi connectivity index (χ0v) is 13.1. The molecule has 0 aliphatic heterocycles. The minimum Gasteiger partial charge on any atom is -0.324 e. The Bertz CT molecular complexity index is 354. The fourth-order valence-electron chi connectivity index (χ4n) is 2.61. The molecule has 1 aromatic rings. The molecule has 0 aliphatic carbocycles. The van der Waals surface area contributed by atoms with Crippen LogP contribution in [0.1, 0.15) is 44.9 Å². The monoisotopic (exact) mass is 262 g/mol. The van der Waals surface area contributed by atoms with Crippen LogP contribution in [-0.2, 0) is 6.42 Å². The van der Waals surface area contributed by atoms with Crippen molar-refractivity contribution in [3.63, 3.8) is 0 Å². The molecule has 0 aliphatic rings. The molecule has 1 rings (SSSR count). The normalized spacial score (nSPS) is 14.9. The van der Waals surface area contributed by atoms with Crippen LogP contribution in [0.15, 0.2) is 24.3 Å². The summed E-state index contributed by atoms with van der Waals surface area (Å²) >= 11 is 0. The molecule has 0 radical (unpaired) electrons. The maximum atomic E-state index is 6.44. The second kappa shape index (κ2) is 7.66. The number of hydrogen-bond acceptors (Lipinski definition) is 2. The highest BCUT2D eigenvalue weighted by Gasteiger charge is 2.21. The maximum absolute atomic E-state index is 6.44. The molecule has 1 aromatic carbocycles. The molecule has 0 saturated heterocycles. The lowest BCUT2D eigenvalue weighted by molar-refractivity contribution is 0.314. The Morgan fingerprint density at radius 3 is 2.05 bits per heavy atom. The molecule has 3 N–H and O–H groups in total. The first-order valence-electron chi connectivity index (χ1n) is 7.44. The number of nitrogens with one attached hydrogen (secondary N) is 1. The van der Waals surface area contributed by atoms with Gasteiger partial charge in [0.1, 0.15) is 0 Å². The zero-order chi connectivity index (χ0) is 14.4. The zero-order valence-electron chi connectivity index (χ0n) is 13.1. The van der Waals surface area contributed by atoms with E-state index in [0.717, 1.165) is 13.0 Å². The topological polar surface area (TPSA) is 38.0 Å². The molecule has 0 amide bonds. The van der Waals surface area contributed by atoms with Crippen LogP contribution < -0.4 is 11.1 Å². The molecule has 19 heavy (non-hydrogen) atoms. The minimum absolute atomic E-state index is 0.112. The van der Waals surface area contributed by atoms with Gasteiger partial charge in [0.25, 0.3) is 0 Å². The third-order valence-corrected chi connectivity index (χ3v) is 3.77. The molecular weight excluding hydrogens is 232 g/mol. The first kappa shape index (κ1) is 16.2. The average Bonchev–Trinajstić information content (AvgIpc) is 2.35. The van der Waals surface area contributed by atoms with Gasteiger partial charge in [-0.15, -0.1) is 0 Å². The number of hydrogen-bond donors (Lipinski definition) is 2. The average molecular weight is 262 g/mol. The van der Waals surface area contributed by atoms with Gasteiger partial charge in [-0.1, -0.05) is 52.0 Å². The lowest BCUT2D eigenvalue weighted by Gasteiger charge is -2.27. The van der Waals surface area contributed by atoms with Gasteiger partial charge in [-0.2, -0.15) is 0 Å². The van der Waals surface area contributed by atoms with Crippen LogP contribution in [0, 0.1) is 17.8 Å². The van der Waals surface area contributed by atoms with Crippen LogP contribution in [0.4, 0.5) is 0 Å². The van der Waals surface area contributed by atoms with E-state index in [1.54, 1.807) is 0 Å². The van der Waals surface area contributed by atoms with Crippen molar-refractivity contribution in [1.82, 2.24) is 5.32 Å². The second-order valence-electron chi connectivity index (χ2n) is 6.33. The summed E-state index contributed by atoms with van der Waals surface area (Å²) in [4.78, 5) is 0. The van der Waals surface area contributed by atoms with Gasteiger partial charge in [-0.3, -0.25) is 0 Å². The predicted molar refractivity (Wildman–Crippen MR) is 84.2 cm³/mol. The summed E-state index contributed by atoms with van der Waals surface area (Å²) in [5.74, 6) is 1.76. The molecule has 0 fully saturated rings. The third-order valence-electron chi connectivity index (χ3n) is 3.77. The summed E-state index contributed by atoms with van der Waals surface area (Å²) in [5, 5.41) is 3.26. The molecule has 2 heteroatoms. The Morgan fingerprint density at radius 2 is 1.63 bits per heavy atom. The van der Waals surface area contributed by atoms with Crippen molar-refractivity contribution >= 4 is 0 Å². The van der Waals surface area contributed by atoms with E-state index in [4.69, 9.17) is 5.73 Å². The molecule has 0 bridgehead atoms.